The van der Waals surface area contributed by atoms with E-state index in [1.807, 2.05) is 39.0 Å². The van der Waals surface area contributed by atoms with Crippen molar-refractivity contribution in [3.63, 3.8) is 0 Å². The number of Topliss-reactive ketones (excluding diaryl/α,β-unsaturated/α-hetero) is 1. The van der Waals surface area contributed by atoms with Crippen molar-refractivity contribution in [2.45, 2.75) is 34.6 Å². The first kappa shape index (κ1) is 21.0. The molecule has 0 aliphatic heterocycles. The molecule has 0 saturated heterocycles. The second kappa shape index (κ2) is 8.57. The van der Waals surface area contributed by atoms with Crippen molar-refractivity contribution in [3.05, 3.63) is 43.3 Å². The van der Waals surface area contributed by atoms with Gasteiger partial charge in [0.1, 0.15) is 0 Å². The standard InChI is InChI=1S/C21H27NO4S/c1-13(2)12-26-15-8-7-14(9-16(15)25-6)10-17-20(24)22-19(27-17)11-18(23)21(3,4)5/h7-11,13H,12H2,1-6H3,(H,22,24)/b17-10-,19-11-. The van der Waals surface area contributed by atoms with Crippen LogP contribution in [0.4, 0.5) is 0 Å². The van der Waals surface area contributed by atoms with E-state index in [-0.39, 0.29) is 11.3 Å². The van der Waals surface area contributed by atoms with Gasteiger partial charge in [-0.15, -0.1) is 11.3 Å². The Morgan fingerprint density at radius 2 is 1.96 bits per heavy atom. The molecule has 0 spiro atoms. The highest BCUT2D eigenvalue weighted by atomic mass is 32.1. The number of H-pyrrole nitrogens is 1. The molecule has 0 saturated carbocycles. The molecule has 146 valence electrons. The quantitative estimate of drug-likeness (QED) is 0.825. The van der Waals surface area contributed by atoms with E-state index in [0.717, 1.165) is 5.56 Å². The molecule has 0 aliphatic carbocycles. The zero-order chi connectivity index (χ0) is 20.2. The van der Waals surface area contributed by atoms with E-state index in [0.29, 0.717) is 33.2 Å². The highest BCUT2D eigenvalue weighted by Gasteiger charge is 2.18. The van der Waals surface area contributed by atoms with E-state index >= 15 is 0 Å². The van der Waals surface area contributed by atoms with Gasteiger partial charge in [-0.2, -0.15) is 0 Å². The van der Waals surface area contributed by atoms with Crippen molar-refractivity contribution >= 4 is 29.3 Å². The largest absolute Gasteiger partial charge is 0.493 e. The maximum Gasteiger partial charge on any atom is 0.266 e. The van der Waals surface area contributed by atoms with Crippen molar-refractivity contribution in [2.24, 2.45) is 11.3 Å². The van der Waals surface area contributed by atoms with Gasteiger partial charge in [-0.1, -0.05) is 40.7 Å². The van der Waals surface area contributed by atoms with Gasteiger partial charge in [0, 0.05) is 11.5 Å². The van der Waals surface area contributed by atoms with Crippen LogP contribution in [0.1, 0.15) is 40.2 Å². The number of methoxy groups -OCH3 is 1. The van der Waals surface area contributed by atoms with Crippen LogP contribution < -0.4 is 24.2 Å². The van der Waals surface area contributed by atoms with Crippen molar-refractivity contribution in [1.82, 2.24) is 4.98 Å². The highest BCUT2D eigenvalue weighted by Crippen LogP contribution is 2.28. The number of hydrogen-bond donors (Lipinski definition) is 1. The molecule has 1 N–H and O–H groups in total. The van der Waals surface area contributed by atoms with Crippen LogP contribution in [0, 0.1) is 11.3 Å². The van der Waals surface area contributed by atoms with Crippen LogP contribution in [0.5, 0.6) is 11.5 Å². The summed E-state index contributed by atoms with van der Waals surface area (Å²) in [7, 11) is 1.59. The SMILES string of the molecule is COc1cc(/C=c2\s/c(=C\C(=O)C(C)(C)C)[nH]c2=O)ccc1OCC(C)C. The van der Waals surface area contributed by atoms with E-state index in [2.05, 4.69) is 18.8 Å². The maximum absolute atomic E-state index is 12.2. The molecule has 0 aliphatic rings. The molecule has 0 radical (unpaired) electrons. The Kier molecular flexibility index (Phi) is 6.65. The Hall–Kier alpha value is -2.34. The molecular weight excluding hydrogens is 362 g/mol. The predicted molar refractivity (Wildman–Crippen MR) is 110 cm³/mol. The average Bonchev–Trinajstić information content (AvgIpc) is 2.91. The number of benzene rings is 1. The number of rotatable bonds is 6. The van der Waals surface area contributed by atoms with Crippen LogP contribution in [0.2, 0.25) is 0 Å². The van der Waals surface area contributed by atoms with Gasteiger partial charge in [0.2, 0.25) is 0 Å². The summed E-state index contributed by atoms with van der Waals surface area (Å²) in [6.45, 7) is 10.3. The summed E-state index contributed by atoms with van der Waals surface area (Å²) in [6.07, 6.45) is 3.27. The van der Waals surface area contributed by atoms with Crippen LogP contribution in [0.15, 0.2) is 23.0 Å². The summed E-state index contributed by atoms with van der Waals surface area (Å²) < 4.78 is 12.2. The first-order valence-corrected chi connectivity index (χ1v) is 9.69. The second-order valence-electron chi connectivity index (χ2n) is 7.80. The number of aromatic nitrogens is 1. The first-order chi connectivity index (χ1) is 12.6. The Balaban J connectivity index is 2.38. The lowest BCUT2D eigenvalue weighted by molar-refractivity contribution is -0.119. The highest BCUT2D eigenvalue weighted by molar-refractivity contribution is 7.07. The molecule has 0 bridgehead atoms. The molecular formula is C21H27NO4S. The van der Waals surface area contributed by atoms with Gasteiger partial charge in [-0.25, -0.2) is 0 Å². The monoisotopic (exact) mass is 389 g/mol. The molecule has 5 nitrogen and oxygen atoms in total. The van der Waals surface area contributed by atoms with Crippen molar-refractivity contribution in [2.75, 3.05) is 13.7 Å². The minimum absolute atomic E-state index is 0.0279. The molecule has 2 aromatic rings. The Morgan fingerprint density at radius 3 is 2.56 bits per heavy atom. The lowest BCUT2D eigenvalue weighted by Crippen LogP contribution is -2.22. The van der Waals surface area contributed by atoms with Gasteiger partial charge < -0.3 is 14.5 Å². The van der Waals surface area contributed by atoms with E-state index in [1.54, 1.807) is 13.2 Å². The van der Waals surface area contributed by atoms with Crippen LogP contribution >= 0.6 is 11.3 Å². The third kappa shape index (κ3) is 5.82. The van der Waals surface area contributed by atoms with Crippen LogP contribution in [-0.2, 0) is 4.79 Å². The molecule has 27 heavy (non-hydrogen) atoms. The summed E-state index contributed by atoms with van der Waals surface area (Å²) in [4.78, 5) is 27.1. The third-order valence-electron chi connectivity index (χ3n) is 3.74. The topological polar surface area (TPSA) is 68.4 Å². The van der Waals surface area contributed by atoms with E-state index in [4.69, 9.17) is 9.47 Å². The normalized spacial score (nSPS) is 13.3. The molecule has 1 aromatic heterocycles. The van der Waals surface area contributed by atoms with Gasteiger partial charge in [0.15, 0.2) is 17.3 Å². The number of carbonyl (C=O) groups is 1. The molecule has 0 amide bonds. The third-order valence-corrected chi connectivity index (χ3v) is 4.70. The smallest absolute Gasteiger partial charge is 0.266 e. The van der Waals surface area contributed by atoms with Crippen molar-refractivity contribution < 1.29 is 14.3 Å². The van der Waals surface area contributed by atoms with Gasteiger partial charge in [-0.05, 0) is 29.7 Å². The number of ketones is 1. The van der Waals surface area contributed by atoms with Gasteiger partial charge >= 0.3 is 0 Å². The number of hydrogen-bond acceptors (Lipinski definition) is 5. The minimum Gasteiger partial charge on any atom is -0.493 e. The first-order valence-electron chi connectivity index (χ1n) is 8.88. The van der Waals surface area contributed by atoms with Crippen LogP contribution in [-0.4, -0.2) is 24.5 Å². The van der Waals surface area contributed by atoms with Gasteiger partial charge in [0.05, 0.1) is 22.9 Å². The fourth-order valence-electron chi connectivity index (χ4n) is 2.16. The molecule has 0 unspecified atom stereocenters. The number of carbonyl (C=O) groups excluding carboxylic acids is 1. The minimum atomic E-state index is -0.482. The average molecular weight is 390 g/mol. The van der Waals surface area contributed by atoms with E-state index in [9.17, 15) is 9.59 Å². The van der Waals surface area contributed by atoms with Crippen molar-refractivity contribution in [1.29, 1.82) is 0 Å². The van der Waals surface area contributed by atoms with Crippen molar-refractivity contribution in [3.8, 4) is 11.5 Å². The number of thiazole rings is 1. The van der Waals surface area contributed by atoms with Gasteiger partial charge in [-0.3, -0.25) is 9.59 Å². The molecule has 0 fully saturated rings. The van der Waals surface area contributed by atoms with Crippen LogP contribution in [0.3, 0.4) is 0 Å². The molecule has 2 rings (SSSR count). The summed E-state index contributed by atoms with van der Waals surface area (Å²) in [6, 6.07) is 5.55. The second-order valence-corrected chi connectivity index (χ2v) is 8.89. The molecule has 1 heterocycles. The molecule has 0 atom stereocenters. The van der Waals surface area contributed by atoms with Gasteiger partial charge in [0.25, 0.3) is 5.56 Å². The number of aromatic amines is 1. The number of nitrogens with one attached hydrogen (secondary N) is 1. The lowest BCUT2D eigenvalue weighted by Gasteiger charge is -2.12. The number of ether oxygens (including phenoxy) is 2. The summed E-state index contributed by atoms with van der Waals surface area (Å²) in [5, 5.41) is 0. The predicted octanol–water partition coefficient (Wildman–Crippen LogP) is 2.70. The molecule has 6 heteroatoms. The fourth-order valence-corrected chi connectivity index (χ4v) is 3.05. The Morgan fingerprint density at radius 1 is 1.26 bits per heavy atom. The summed E-state index contributed by atoms with van der Waals surface area (Å²) in [5.41, 5.74) is 0.126. The van der Waals surface area contributed by atoms with E-state index in [1.165, 1.54) is 17.4 Å². The zero-order valence-corrected chi connectivity index (χ0v) is 17.5. The van der Waals surface area contributed by atoms with E-state index < -0.39 is 5.41 Å². The Bertz CT molecular complexity index is 977. The lowest BCUT2D eigenvalue weighted by atomic mass is 9.91. The van der Waals surface area contributed by atoms with Crippen LogP contribution in [0.25, 0.3) is 12.2 Å². The Labute approximate surface area is 163 Å². The maximum atomic E-state index is 12.2. The summed E-state index contributed by atoms with van der Waals surface area (Å²) in [5.74, 6) is 1.68. The zero-order valence-electron chi connectivity index (χ0n) is 16.7. The summed E-state index contributed by atoms with van der Waals surface area (Å²) >= 11 is 1.26. The fraction of sp³-hybridized carbons (Fsp3) is 0.429. The molecule has 1 aromatic carbocycles.